The van der Waals surface area contributed by atoms with Crippen LogP contribution in [0.5, 0.6) is 0 Å². The molecule has 6 unspecified atom stereocenters. The minimum absolute atomic E-state index is 0.259. The van der Waals surface area contributed by atoms with Gasteiger partial charge in [0.2, 0.25) is 0 Å². The zero-order valence-electron chi connectivity index (χ0n) is 22.2. The monoisotopic (exact) mass is 450 g/mol. The molecule has 0 aromatic rings. The van der Waals surface area contributed by atoms with Gasteiger partial charge < -0.3 is 5.11 Å². The number of aliphatic hydroxyl groups excluding tert-OH is 1. The summed E-state index contributed by atoms with van der Waals surface area (Å²) in [4.78, 5) is 0. The van der Waals surface area contributed by atoms with Gasteiger partial charge in [0.15, 0.2) is 0 Å². The van der Waals surface area contributed by atoms with Crippen LogP contribution in [0.3, 0.4) is 0 Å². The molecular weight excluding hydrogens is 395 g/mol. The number of unbranched alkanes of at least 4 members (excludes halogenated alkanes) is 2. The van der Waals surface area contributed by atoms with E-state index < -0.39 is 0 Å². The average Bonchev–Trinajstić information content (AvgIpc) is 2.75. The zero-order chi connectivity index (χ0) is 23.8. The van der Waals surface area contributed by atoms with Gasteiger partial charge in [-0.05, 0) is 82.2 Å². The maximum absolute atomic E-state index is 10.3. The van der Waals surface area contributed by atoms with Gasteiger partial charge in [-0.3, -0.25) is 0 Å². The molecular formula is C29H55OP. The summed E-state index contributed by atoms with van der Waals surface area (Å²) in [6, 6.07) is 0. The molecule has 31 heavy (non-hydrogen) atoms. The van der Waals surface area contributed by atoms with Crippen molar-refractivity contribution in [1.82, 2.24) is 0 Å². The molecule has 0 spiro atoms. The van der Waals surface area contributed by atoms with Crippen LogP contribution in [0.1, 0.15) is 120 Å². The van der Waals surface area contributed by atoms with Crippen molar-refractivity contribution in [2.45, 2.75) is 131 Å². The molecule has 0 aliphatic heterocycles. The minimum Gasteiger partial charge on any atom is -0.389 e. The minimum atomic E-state index is -0.259. The molecule has 2 heteroatoms. The lowest BCUT2D eigenvalue weighted by atomic mass is 9.78. The predicted molar refractivity (Wildman–Crippen MR) is 146 cm³/mol. The van der Waals surface area contributed by atoms with Crippen LogP contribution in [0.4, 0.5) is 0 Å². The lowest BCUT2D eigenvalue weighted by molar-refractivity contribution is 0.118. The highest BCUT2D eigenvalue weighted by Crippen LogP contribution is 2.37. The Labute approximate surface area is 198 Å². The van der Waals surface area contributed by atoms with Crippen LogP contribution in [-0.2, 0) is 0 Å². The highest BCUT2D eigenvalue weighted by Gasteiger charge is 2.31. The Hall–Kier alpha value is -0.390. The summed E-state index contributed by atoms with van der Waals surface area (Å²) < 4.78 is 0. The van der Waals surface area contributed by atoms with Crippen molar-refractivity contribution in [3.05, 3.63) is 34.9 Å². The van der Waals surface area contributed by atoms with Gasteiger partial charge in [-0.2, -0.15) is 0 Å². The van der Waals surface area contributed by atoms with Gasteiger partial charge in [0.25, 0.3) is 0 Å². The van der Waals surface area contributed by atoms with Crippen LogP contribution in [0, 0.1) is 17.8 Å². The Morgan fingerprint density at radius 1 is 1.00 bits per heavy atom. The van der Waals surface area contributed by atoms with Crippen molar-refractivity contribution in [2.75, 3.05) is 0 Å². The van der Waals surface area contributed by atoms with Crippen molar-refractivity contribution in [3.63, 3.8) is 0 Å². The van der Waals surface area contributed by atoms with Crippen molar-refractivity contribution in [1.29, 1.82) is 0 Å². The van der Waals surface area contributed by atoms with E-state index in [1.165, 1.54) is 63.4 Å². The first-order valence-corrected chi connectivity index (χ1v) is 13.9. The highest BCUT2D eigenvalue weighted by molar-refractivity contribution is 7.18. The van der Waals surface area contributed by atoms with Crippen molar-refractivity contribution in [2.24, 2.45) is 17.8 Å². The van der Waals surface area contributed by atoms with E-state index >= 15 is 0 Å². The maximum Gasteiger partial charge on any atom is 0.0752 e. The van der Waals surface area contributed by atoms with Crippen LogP contribution in [0.2, 0.25) is 0 Å². The van der Waals surface area contributed by atoms with E-state index in [9.17, 15) is 5.11 Å². The molecule has 182 valence electrons. The number of rotatable bonds is 13. The Bertz CT molecular complexity index is 545. The summed E-state index contributed by atoms with van der Waals surface area (Å²) in [5, 5.41) is 10.3. The van der Waals surface area contributed by atoms with Crippen molar-refractivity contribution >= 4 is 9.24 Å². The van der Waals surface area contributed by atoms with Crippen molar-refractivity contribution < 1.29 is 5.11 Å². The summed E-state index contributed by atoms with van der Waals surface area (Å²) in [7, 11) is 3.02. The molecule has 1 N–H and O–H groups in total. The maximum atomic E-state index is 10.3. The molecule has 1 rings (SSSR count). The Balaban J connectivity index is 0.00000436. The first-order valence-electron chi connectivity index (χ1n) is 13.2. The van der Waals surface area contributed by atoms with Gasteiger partial charge in [0.05, 0.1) is 6.10 Å². The van der Waals surface area contributed by atoms with Crippen LogP contribution in [0.15, 0.2) is 34.9 Å². The first kappa shape index (κ1) is 30.6. The second kappa shape index (κ2) is 18.1. The van der Waals surface area contributed by atoms with Crippen LogP contribution >= 0.6 is 9.24 Å². The molecule has 1 aliphatic carbocycles. The van der Waals surface area contributed by atoms with Gasteiger partial charge in [-0.15, -0.1) is 9.24 Å². The van der Waals surface area contributed by atoms with E-state index in [4.69, 9.17) is 0 Å². The molecule has 0 radical (unpaired) electrons. The molecule has 0 bridgehead atoms. The van der Waals surface area contributed by atoms with Gasteiger partial charge in [-0.25, -0.2) is 0 Å². The SMILES string of the molecule is CC.CCCC/C=C(\C)CC/C=C(\C)CCCC(C)CCC1=CC(O)C(C)C(C)C1P. The number of hydrogen-bond donors (Lipinski definition) is 1. The molecule has 0 aromatic heterocycles. The number of aliphatic hydroxyl groups is 1. The molecule has 1 aliphatic rings. The van der Waals surface area contributed by atoms with Crippen LogP contribution in [0.25, 0.3) is 0 Å². The number of allylic oxidation sites excluding steroid dienone is 5. The smallest absolute Gasteiger partial charge is 0.0752 e. The fraction of sp³-hybridized carbons (Fsp3) is 0.793. The van der Waals surface area contributed by atoms with E-state index in [0.717, 1.165) is 12.3 Å². The van der Waals surface area contributed by atoms with E-state index in [1.54, 1.807) is 11.1 Å². The first-order chi connectivity index (χ1) is 14.8. The van der Waals surface area contributed by atoms with E-state index in [1.807, 2.05) is 13.8 Å². The highest BCUT2D eigenvalue weighted by atomic mass is 31.0. The Morgan fingerprint density at radius 3 is 2.26 bits per heavy atom. The lowest BCUT2D eigenvalue weighted by Crippen LogP contribution is -2.34. The van der Waals surface area contributed by atoms with E-state index in [-0.39, 0.29) is 6.10 Å². The molecule has 0 amide bonds. The fourth-order valence-electron chi connectivity index (χ4n) is 4.30. The summed E-state index contributed by atoms with van der Waals surface area (Å²) >= 11 is 0. The Morgan fingerprint density at radius 2 is 1.61 bits per heavy atom. The van der Waals surface area contributed by atoms with E-state index in [0.29, 0.717) is 17.5 Å². The standard InChI is InChI=1S/C27H49OP.C2H6/c1-7-8-9-12-20(2)13-10-14-21(3)15-11-16-22(4)17-18-25-19-26(28)23(5)24(6)27(25)29;1-2/h12,14,19,22-24,26-28H,7-11,13,15-18,29H2,1-6H3;1-2H3/b20-12+,21-14+;. The van der Waals surface area contributed by atoms with E-state index in [2.05, 4.69) is 69.0 Å². The van der Waals surface area contributed by atoms with Crippen LogP contribution < -0.4 is 0 Å². The molecule has 0 fully saturated rings. The number of hydrogen-bond acceptors (Lipinski definition) is 1. The van der Waals surface area contributed by atoms with Crippen molar-refractivity contribution in [3.8, 4) is 0 Å². The molecule has 0 saturated heterocycles. The second-order valence-corrected chi connectivity index (χ2v) is 10.5. The third kappa shape index (κ3) is 13.0. The molecule has 6 atom stereocenters. The Kier molecular flexibility index (Phi) is 17.9. The molecule has 0 saturated carbocycles. The molecule has 0 heterocycles. The largest absolute Gasteiger partial charge is 0.389 e. The van der Waals surface area contributed by atoms with Crippen LogP contribution in [-0.4, -0.2) is 16.9 Å². The third-order valence-corrected chi connectivity index (χ3v) is 8.06. The normalized spacial score (nSPS) is 25.5. The van der Waals surface area contributed by atoms with Gasteiger partial charge in [-0.1, -0.05) is 95.8 Å². The van der Waals surface area contributed by atoms with Gasteiger partial charge in [0, 0.05) is 0 Å². The second-order valence-electron chi connectivity index (χ2n) is 9.79. The zero-order valence-corrected chi connectivity index (χ0v) is 23.4. The molecule has 1 nitrogen and oxygen atoms in total. The van der Waals surface area contributed by atoms with Gasteiger partial charge >= 0.3 is 0 Å². The summed E-state index contributed by atoms with van der Waals surface area (Å²) in [6.45, 7) is 17.7. The topological polar surface area (TPSA) is 20.2 Å². The predicted octanol–water partition coefficient (Wildman–Crippen LogP) is 9.28. The quantitative estimate of drug-likeness (QED) is 0.168. The fourth-order valence-corrected chi connectivity index (χ4v) is 4.93. The van der Waals surface area contributed by atoms with Gasteiger partial charge in [0.1, 0.15) is 0 Å². The lowest BCUT2D eigenvalue weighted by Gasteiger charge is -2.36. The summed E-state index contributed by atoms with van der Waals surface area (Å²) in [6.07, 6.45) is 19.3. The third-order valence-electron chi connectivity index (χ3n) is 7.02. The summed E-state index contributed by atoms with van der Waals surface area (Å²) in [5.41, 5.74) is 5.10. The molecule has 0 aromatic carbocycles. The summed E-state index contributed by atoms with van der Waals surface area (Å²) in [5.74, 6) is 1.67. The average molecular weight is 451 g/mol.